The Balaban J connectivity index is 2.31. The number of carbonyl (C=O) groups is 2. The molecule has 0 atom stereocenters. The highest BCUT2D eigenvalue weighted by Gasteiger charge is 2.25. The summed E-state index contributed by atoms with van der Waals surface area (Å²) in [5.41, 5.74) is 0.968. The van der Waals surface area contributed by atoms with Crippen LogP contribution in [0.2, 0.25) is 5.02 Å². The summed E-state index contributed by atoms with van der Waals surface area (Å²) < 4.78 is 2.01. The van der Waals surface area contributed by atoms with Crippen LogP contribution in [0.25, 0.3) is 10.9 Å². The van der Waals surface area contributed by atoms with Gasteiger partial charge in [-0.05, 0) is 46.9 Å². The fourth-order valence-electron chi connectivity index (χ4n) is 2.56. The number of benzene rings is 2. The number of nitrogens with zero attached hydrogens (tertiary/aromatic N) is 1. The Morgan fingerprint density at radius 1 is 1.17 bits per heavy atom. The molecule has 6 heteroatoms. The van der Waals surface area contributed by atoms with Gasteiger partial charge < -0.3 is 5.11 Å². The van der Waals surface area contributed by atoms with Gasteiger partial charge in [0.15, 0.2) is 5.78 Å². The van der Waals surface area contributed by atoms with Gasteiger partial charge in [-0.25, -0.2) is 4.57 Å². The zero-order valence-corrected chi connectivity index (χ0v) is 14.9. The van der Waals surface area contributed by atoms with E-state index < -0.39 is 5.91 Å². The van der Waals surface area contributed by atoms with Crippen molar-refractivity contribution in [2.45, 2.75) is 6.92 Å². The van der Waals surface area contributed by atoms with Crippen LogP contribution in [0.4, 0.5) is 0 Å². The van der Waals surface area contributed by atoms with Gasteiger partial charge in [-0.1, -0.05) is 29.8 Å². The smallest absolute Gasteiger partial charge is 0.230 e. The lowest BCUT2D eigenvalue weighted by Crippen LogP contribution is -2.06. The lowest BCUT2D eigenvalue weighted by molar-refractivity contribution is 0.0933. The zero-order chi connectivity index (χ0) is 16.7. The van der Waals surface area contributed by atoms with E-state index in [-0.39, 0.29) is 17.2 Å². The van der Waals surface area contributed by atoms with Crippen molar-refractivity contribution in [3.63, 3.8) is 0 Å². The van der Waals surface area contributed by atoms with Crippen molar-refractivity contribution in [2.24, 2.45) is 0 Å². The molecule has 0 saturated carbocycles. The third-order valence-corrected chi connectivity index (χ3v) is 4.44. The maximum absolute atomic E-state index is 12.8. The molecule has 0 spiro atoms. The Morgan fingerprint density at radius 3 is 2.57 bits per heavy atom. The van der Waals surface area contributed by atoms with Crippen molar-refractivity contribution in [2.75, 3.05) is 0 Å². The van der Waals surface area contributed by atoms with Gasteiger partial charge in [0.25, 0.3) is 0 Å². The highest BCUT2D eigenvalue weighted by Crippen LogP contribution is 2.34. The number of aromatic nitrogens is 1. The van der Waals surface area contributed by atoms with E-state index in [1.165, 1.54) is 6.92 Å². The highest BCUT2D eigenvalue weighted by atomic mass is 127. The average molecular weight is 440 g/mol. The molecule has 0 aliphatic heterocycles. The number of rotatable bonds is 2. The second kappa shape index (κ2) is 5.98. The van der Waals surface area contributed by atoms with Gasteiger partial charge in [0.05, 0.1) is 11.1 Å². The predicted octanol–water partition coefficient (Wildman–Crippen LogP) is 4.50. The standard InChI is InChI=1S/C17H11ClINO3/c1-9(21)20-14-8-11(18)5-6-13(14)15(17(20)23)16(22)10-3-2-4-12(19)7-10/h2-8,23H,1H3. The molecular weight excluding hydrogens is 429 g/mol. The summed E-state index contributed by atoms with van der Waals surface area (Å²) in [5, 5.41) is 11.4. The van der Waals surface area contributed by atoms with Crippen LogP contribution in [-0.2, 0) is 0 Å². The Morgan fingerprint density at radius 2 is 1.91 bits per heavy atom. The van der Waals surface area contributed by atoms with E-state index in [9.17, 15) is 14.7 Å². The molecule has 0 fully saturated rings. The van der Waals surface area contributed by atoms with Crippen LogP contribution in [0.15, 0.2) is 42.5 Å². The summed E-state index contributed by atoms with van der Waals surface area (Å²) in [7, 11) is 0. The number of hydrogen-bond donors (Lipinski definition) is 1. The highest BCUT2D eigenvalue weighted by molar-refractivity contribution is 14.1. The monoisotopic (exact) mass is 439 g/mol. The molecule has 23 heavy (non-hydrogen) atoms. The second-order valence-electron chi connectivity index (χ2n) is 5.05. The van der Waals surface area contributed by atoms with Crippen LogP contribution >= 0.6 is 34.2 Å². The van der Waals surface area contributed by atoms with Crippen LogP contribution in [-0.4, -0.2) is 21.4 Å². The molecular formula is C17H11ClINO3. The fraction of sp³-hybridized carbons (Fsp3) is 0.0588. The van der Waals surface area contributed by atoms with E-state index in [2.05, 4.69) is 22.6 Å². The number of carbonyl (C=O) groups excluding carboxylic acids is 2. The van der Waals surface area contributed by atoms with Gasteiger partial charge in [-0.2, -0.15) is 0 Å². The zero-order valence-electron chi connectivity index (χ0n) is 12.0. The molecule has 0 unspecified atom stereocenters. The molecule has 0 amide bonds. The lowest BCUT2D eigenvalue weighted by Gasteiger charge is -2.03. The SMILES string of the molecule is CC(=O)n1c(O)c(C(=O)c2cccc(I)c2)c2ccc(Cl)cc21. The Hall–Kier alpha value is -1.86. The molecule has 0 radical (unpaired) electrons. The maximum atomic E-state index is 12.8. The Kier molecular flexibility index (Phi) is 4.16. The largest absolute Gasteiger partial charge is 0.494 e. The van der Waals surface area contributed by atoms with Crippen LogP contribution in [0, 0.1) is 3.57 Å². The van der Waals surface area contributed by atoms with E-state index in [0.29, 0.717) is 21.5 Å². The molecule has 2 aromatic carbocycles. The van der Waals surface area contributed by atoms with E-state index in [1.54, 1.807) is 36.4 Å². The van der Waals surface area contributed by atoms with Crippen molar-refractivity contribution < 1.29 is 14.7 Å². The first kappa shape index (κ1) is 16.0. The number of fused-ring (bicyclic) bond motifs is 1. The van der Waals surface area contributed by atoms with Gasteiger partial charge in [0.1, 0.15) is 0 Å². The summed E-state index contributed by atoms with van der Waals surface area (Å²) in [5.74, 6) is -1.09. The van der Waals surface area contributed by atoms with Crippen molar-refractivity contribution in [3.05, 3.63) is 62.2 Å². The first-order valence-corrected chi connectivity index (χ1v) is 8.20. The topological polar surface area (TPSA) is 59.3 Å². The fourth-order valence-corrected chi connectivity index (χ4v) is 3.27. The third-order valence-electron chi connectivity index (χ3n) is 3.53. The van der Waals surface area contributed by atoms with Crippen molar-refractivity contribution >= 4 is 56.8 Å². The van der Waals surface area contributed by atoms with Crippen LogP contribution in [0.3, 0.4) is 0 Å². The molecule has 3 aromatic rings. The summed E-state index contributed by atoms with van der Waals surface area (Å²) in [4.78, 5) is 24.7. The number of hydrogen-bond acceptors (Lipinski definition) is 3. The van der Waals surface area contributed by atoms with Crippen molar-refractivity contribution in [3.8, 4) is 5.88 Å². The molecule has 0 aliphatic rings. The molecule has 4 nitrogen and oxygen atoms in total. The second-order valence-corrected chi connectivity index (χ2v) is 6.74. The first-order chi connectivity index (χ1) is 10.9. The van der Waals surface area contributed by atoms with Crippen molar-refractivity contribution in [1.82, 2.24) is 4.57 Å². The van der Waals surface area contributed by atoms with E-state index in [1.807, 2.05) is 6.07 Å². The molecule has 1 aromatic heterocycles. The molecule has 3 rings (SSSR count). The minimum atomic E-state index is -0.392. The molecule has 0 saturated heterocycles. The molecule has 116 valence electrons. The normalized spacial score (nSPS) is 10.9. The first-order valence-electron chi connectivity index (χ1n) is 6.74. The van der Waals surface area contributed by atoms with Gasteiger partial charge in [-0.3, -0.25) is 9.59 Å². The van der Waals surface area contributed by atoms with E-state index in [4.69, 9.17) is 11.6 Å². The number of halogens is 2. The lowest BCUT2D eigenvalue weighted by atomic mass is 10.0. The minimum absolute atomic E-state index is 0.105. The van der Waals surface area contributed by atoms with Gasteiger partial charge in [0.2, 0.25) is 11.8 Å². The van der Waals surface area contributed by atoms with Crippen LogP contribution in [0.5, 0.6) is 5.88 Å². The Bertz CT molecular complexity index is 962. The van der Waals surface area contributed by atoms with Gasteiger partial charge >= 0.3 is 0 Å². The average Bonchev–Trinajstić information content (AvgIpc) is 2.77. The van der Waals surface area contributed by atoms with Crippen LogP contribution < -0.4 is 0 Å². The number of aromatic hydroxyl groups is 1. The molecule has 1 N–H and O–H groups in total. The molecule has 1 heterocycles. The number of ketones is 1. The molecule has 0 aliphatic carbocycles. The minimum Gasteiger partial charge on any atom is -0.494 e. The third kappa shape index (κ3) is 2.74. The van der Waals surface area contributed by atoms with E-state index >= 15 is 0 Å². The predicted molar refractivity (Wildman–Crippen MR) is 97.5 cm³/mol. The van der Waals surface area contributed by atoms with Crippen LogP contribution in [0.1, 0.15) is 27.6 Å². The quantitative estimate of drug-likeness (QED) is 0.473. The summed E-state index contributed by atoms with van der Waals surface area (Å²) in [6, 6.07) is 11.9. The molecule has 0 bridgehead atoms. The van der Waals surface area contributed by atoms with E-state index in [0.717, 1.165) is 8.14 Å². The van der Waals surface area contributed by atoms with Gasteiger partial charge in [0, 0.05) is 26.5 Å². The van der Waals surface area contributed by atoms with Crippen molar-refractivity contribution in [1.29, 1.82) is 0 Å². The maximum Gasteiger partial charge on any atom is 0.230 e. The summed E-state index contributed by atoms with van der Waals surface area (Å²) >= 11 is 8.10. The van der Waals surface area contributed by atoms with Gasteiger partial charge in [-0.15, -0.1) is 0 Å². The summed E-state index contributed by atoms with van der Waals surface area (Å²) in [6.07, 6.45) is 0. The Labute approximate surface area is 150 Å². The summed E-state index contributed by atoms with van der Waals surface area (Å²) in [6.45, 7) is 1.32.